The molecule has 0 aromatic heterocycles. The molecule has 0 amide bonds. The maximum absolute atomic E-state index is 6.90. The summed E-state index contributed by atoms with van der Waals surface area (Å²) in [6.07, 6.45) is 3.51. The summed E-state index contributed by atoms with van der Waals surface area (Å²) in [5.41, 5.74) is 4.22. The van der Waals surface area contributed by atoms with E-state index in [1.807, 2.05) is 60.7 Å². The fourth-order valence-corrected chi connectivity index (χ4v) is 4.16. The predicted molar refractivity (Wildman–Crippen MR) is 138 cm³/mol. The SMILES string of the molecule is CCN(CC)CCCCCOc1ccc(/C(=C(\Cl)c2ccccc2)c2ccccc2)cc1. The van der Waals surface area contributed by atoms with Crippen LogP contribution in [0.3, 0.4) is 0 Å². The third kappa shape index (κ3) is 6.98. The second-order valence-corrected chi connectivity index (χ2v) is 8.26. The Morgan fingerprint density at radius 2 is 1.25 bits per heavy atom. The summed E-state index contributed by atoms with van der Waals surface area (Å²) in [7, 11) is 0. The minimum Gasteiger partial charge on any atom is -0.494 e. The van der Waals surface area contributed by atoms with E-state index in [4.69, 9.17) is 16.3 Å². The van der Waals surface area contributed by atoms with E-state index in [-0.39, 0.29) is 0 Å². The molecule has 2 nitrogen and oxygen atoms in total. The zero-order valence-electron chi connectivity index (χ0n) is 19.3. The molecule has 0 saturated heterocycles. The van der Waals surface area contributed by atoms with E-state index in [1.54, 1.807) is 0 Å². The van der Waals surface area contributed by atoms with Crippen LogP contribution in [0.5, 0.6) is 5.75 Å². The number of hydrogen-bond acceptors (Lipinski definition) is 2. The Labute approximate surface area is 198 Å². The summed E-state index contributed by atoms with van der Waals surface area (Å²) >= 11 is 6.90. The van der Waals surface area contributed by atoms with Crippen molar-refractivity contribution >= 4 is 22.2 Å². The van der Waals surface area contributed by atoms with Crippen LogP contribution >= 0.6 is 11.6 Å². The fourth-order valence-electron chi connectivity index (χ4n) is 3.82. The largest absolute Gasteiger partial charge is 0.494 e. The Morgan fingerprint density at radius 1 is 0.688 bits per heavy atom. The zero-order valence-corrected chi connectivity index (χ0v) is 20.0. The molecule has 0 aliphatic carbocycles. The molecule has 0 spiro atoms. The average molecular weight is 448 g/mol. The summed E-state index contributed by atoms with van der Waals surface area (Å²) in [6, 6.07) is 28.7. The first-order valence-electron chi connectivity index (χ1n) is 11.7. The molecule has 0 heterocycles. The van der Waals surface area contributed by atoms with E-state index in [0.717, 1.165) is 59.2 Å². The minimum absolute atomic E-state index is 0.749. The van der Waals surface area contributed by atoms with Gasteiger partial charge in [-0.1, -0.05) is 98.2 Å². The first-order valence-corrected chi connectivity index (χ1v) is 12.1. The molecule has 0 atom stereocenters. The van der Waals surface area contributed by atoms with E-state index in [1.165, 1.54) is 19.4 Å². The van der Waals surface area contributed by atoms with Crippen LogP contribution < -0.4 is 4.74 Å². The van der Waals surface area contributed by atoms with E-state index in [2.05, 4.69) is 43.0 Å². The van der Waals surface area contributed by atoms with Gasteiger partial charge in [-0.25, -0.2) is 0 Å². The van der Waals surface area contributed by atoms with Crippen molar-refractivity contribution in [3.63, 3.8) is 0 Å². The van der Waals surface area contributed by atoms with Crippen molar-refractivity contribution in [1.82, 2.24) is 4.90 Å². The van der Waals surface area contributed by atoms with E-state index >= 15 is 0 Å². The number of ether oxygens (including phenoxy) is 1. The summed E-state index contributed by atoms with van der Waals surface area (Å²) in [5.74, 6) is 0.903. The van der Waals surface area contributed by atoms with Gasteiger partial charge in [-0.15, -0.1) is 0 Å². The van der Waals surface area contributed by atoms with Crippen LogP contribution in [0, 0.1) is 0 Å². The number of halogens is 1. The molecular weight excluding hydrogens is 414 g/mol. The van der Waals surface area contributed by atoms with Gasteiger partial charge in [0.2, 0.25) is 0 Å². The molecule has 0 bridgehead atoms. The quantitative estimate of drug-likeness (QED) is 0.208. The molecule has 3 aromatic carbocycles. The van der Waals surface area contributed by atoms with Gasteiger partial charge >= 0.3 is 0 Å². The lowest BCUT2D eigenvalue weighted by molar-refractivity contribution is 0.277. The van der Waals surface area contributed by atoms with Crippen LogP contribution in [0.1, 0.15) is 49.8 Å². The Hall–Kier alpha value is -2.55. The summed E-state index contributed by atoms with van der Waals surface area (Å²) in [5, 5.41) is 0.749. The van der Waals surface area contributed by atoms with Gasteiger partial charge < -0.3 is 9.64 Å². The van der Waals surface area contributed by atoms with E-state index in [0.29, 0.717) is 0 Å². The van der Waals surface area contributed by atoms with Crippen LogP contribution in [-0.2, 0) is 0 Å². The van der Waals surface area contributed by atoms with Gasteiger partial charge in [-0.05, 0) is 67.7 Å². The smallest absolute Gasteiger partial charge is 0.119 e. The monoisotopic (exact) mass is 447 g/mol. The van der Waals surface area contributed by atoms with Crippen molar-refractivity contribution in [2.24, 2.45) is 0 Å². The first-order chi connectivity index (χ1) is 15.7. The summed E-state index contributed by atoms with van der Waals surface area (Å²) in [6.45, 7) is 8.64. The molecule has 3 aromatic rings. The number of rotatable bonds is 12. The lowest BCUT2D eigenvalue weighted by Crippen LogP contribution is -2.23. The van der Waals surface area contributed by atoms with Crippen molar-refractivity contribution in [2.75, 3.05) is 26.2 Å². The van der Waals surface area contributed by atoms with Gasteiger partial charge in [0.15, 0.2) is 0 Å². The Bertz CT molecular complexity index is 947. The van der Waals surface area contributed by atoms with Gasteiger partial charge in [0.25, 0.3) is 0 Å². The Kier molecular flexibility index (Phi) is 9.87. The molecule has 32 heavy (non-hydrogen) atoms. The number of nitrogens with zero attached hydrogens (tertiary/aromatic N) is 1. The van der Waals surface area contributed by atoms with Crippen LogP contribution in [0.25, 0.3) is 10.6 Å². The third-order valence-corrected chi connectivity index (χ3v) is 6.14. The van der Waals surface area contributed by atoms with Gasteiger partial charge in [0, 0.05) is 5.57 Å². The predicted octanol–water partition coefficient (Wildman–Crippen LogP) is 7.73. The Balaban J connectivity index is 1.66. The fraction of sp³-hybridized carbons (Fsp3) is 0.310. The zero-order chi connectivity index (χ0) is 22.6. The highest BCUT2D eigenvalue weighted by Crippen LogP contribution is 2.35. The van der Waals surface area contributed by atoms with Crippen molar-refractivity contribution in [1.29, 1.82) is 0 Å². The maximum atomic E-state index is 6.90. The molecular formula is C29H34ClNO. The van der Waals surface area contributed by atoms with Crippen molar-refractivity contribution in [2.45, 2.75) is 33.1 Å². The van der Waals surface area contributed by atoms with Gasteiger partial charge in [-0.3, -0.25) is 0 Å². The Morgan fingerprint density at radius 3 is 1.84 bits per heavy atom. The molecule has 3 heteroatoms. The lowest BCUT2D eigenvalue weighted by atomic mass is 9.95. The van der Waals surface area contributed by atoms with E-state index in [9.17, 15) is 0 Å². The highest BCUT2D eigenvalue weighted by Gasteiger charge is 2.12. The molecule has 0 N–H and O–H groups in total. The van der Waals surface area contributed by atoms with E-state index < -0.39 is 0 Å². The molecule has 0 radical (unpaired) electrons. The minimum atomic E-state index is 0.749. The molecule has 0 fully saturated rings. The number of hydrogen-bond donors (Lipinski definition) is 0. The molecule has 3 rings (SSSR count). The van der Waals surface area contributed by atoms with Crippen molar-refractivity contribution in [3.8, 4) is 5.75 Å². The highest BCUT2D eigenvalue weighted by atomic mass is 35.5. The van der Waals surface area contributed by atoms with Crippen LogP contribution in [0.2, 0.25) is 0 Å². The van der Waals surface area contributed by atoms with Crippen molar-refractivity contribution in [3.05, 3.63) is 102 Å². The standard InChI is InChI=1S/C29H34ClNO/c1-3-31(4-2)22-12-7-13-23-32-27-20-18-25(19-21-27)28(24-14-8-5-9-15-24)29(30)26-16-10-6-11-17-26/h5-6,8-11,14-21H,3-4,7,12-13,22-23H2,1-2H3/b29-28-. The van der Waals surface area contributed by atoms with Gasteiger partial charge in [-0.2, -0.15) is 0 Å². The lowest BCUT2D eigenvalue weighted by Gasteiger charge is -2.17. The molecule has 0 aliphatic heterocycles. The summed E-state index contributed by atoms with van der Waals surface area (Å²) < 4.78 is 5.99. The van der Waals surface area contributed by atoms with Gasteiger partial charge in [0.1, 0.15) is 5.75 Å². The summed E-state index contributed by atoms with van der Waals surface area (Å²) in [4.78, 5) is 2.47. The molecule has 0 aliphatic rings. The molecule has 168 valence electrons. The maximum Gasteiger partial charge on any atom is 0.119 e. The third-order valence-electron chi connectivity index (χ3n) is 5.73. The second kappa shape index (κ2) is 13.1. The molecule has 0 unspecified atom stereocenters. The average Bonchev–Trinajstić information content (AvgIpc) is 2.86. The van der Waals surface area contributed by atoms with Gasteiger partial charge in [0.05, 0.1) is 11.6 Å². The van der Waals surface area contributed by atoms with Crippen LogP contribution in [-0.4, -0.2) is 31.1 Å². The topological polar surface area (TPSA) is 12.5 Å². The molecule has 0 saturated carbocycles. The normalized spacial score (nSPS) is 12.0. The van der Waals surface area contributed by atoms with Crippen molar-refractivity contribution < 1.29 is 4.74 Å². The van der Waals surface area contributed by atoms with Crippen LogP contribution in [0.15, 0.2) is 84.9 Å². The van der Waals surface area contributed by atoms with Crippen LogP contribution in [0.4, 0.5) is 0 Å². The number of benzene rings is 3. The first kappa shape index (κ1) is 24.1. The number of unbranched alkanes of at least 4 members (excludes halogenated alkanes) is 2. The highest BCUT2D eigenvalue weighted by molar-refractivity contribution is 6.53. The second-order valence-electron chi connectivity index (χ2n) is 7.88.